The molecule has 0 nitrogen and oxygen atoms in total. The molecule has 0 amide bonds. The summed E-state index contributed by atoms with van der Waals surface area (Å²) in [6.45, 7) is 8.29. The highest BCUT2D eigenvalue weighted by atomic mass is 32.1. The van der Waals surface area contributed by atoms with Crippen LogP contribution < -0.4 is 0 Å². The van der Waals surface area contributed by atoms with Crippen molar-refractivity contribution in [1.29, 1.82) is 0 Å². The summed E-state index contributed by atoms with van der Waals surface area (Å²) in [4.78, 5) is 1.29. The van der Waals surface area contributed by atoms with Crippen LogP contribution in [0.15, 0.2) is 97.1 Å². The first-order chi connectivity index (χ1) is 14.2. The lowest BCUT2D eigenvalue weighted by molar-refractivity contribution is 1.47. The molecule has 0 aliphatic carbocycles. The van der Waals surface area contributed by atoms with E-state index < -0.39 is 0 Å². The van der Waals surface area contributed by atoms with Gasteiger partial charge in [0.15, 0.2) is 0 Å². The molecule has 1 heterocycles. The normalized spacial score (nSPS) is 10.1. The second-order valence-electron chi connectivity index (χ2n) is 6.79. The fraction of sp³-hybridized carbons (Fsp3) is 0.143. The lowest BCUT2D eigenvalue weighted by atomic mass is 9.99. The zero-order valence-electron chi connectivity index (χ0n) is 17.6. The Labute approximate surface area is 178 Å². The number of fused-ring (bicyclic) bond motifs is 1. The predicted octanol–water partition coefficient (Wildman–Crippen LogP) is 9.00. The summed E-state index contributed by atoms with van der Waals surface area (Å²) >= 11 is 1.84. The Morgan fingerprint density at radius 3 is 1.76 bits per heavy atom. The van der Waals surface area contributed by atoms with E-state index in [1.165, 1.54) is 42.8 Å². The molecule has 1 aromatic heterocycles. The van der Waals surface area contributed by atoms with Crippen LogP contribution in [0.5, 0.6) is 0 Å². The molecule has 0 unspecified atom stereocenters. The van der Waals surface area contributed by atoms with Gasteiger partial charge in [0.1, 0.15) is 0 Å². The highest BCUT2D eigenvalue weighted by Crippen LogP contribution is 2.32. The lowest BCUT2D eigenvalue weighted by Crippen LogP contribution is -1.82. The maximum Gasteiger partial charge on any atom is 0.0423 e. The fourth-order valence-corrected chi connectivity index (χ4v) is 4.24. The average Bonchev–Trinajstić information content (AvgIpc) is 2.85. The molecule has 4 rings (SSSR count). The third-order valence-electron chi connectivity index (χ3n) is 4.72. The third-order valence-corrected chi connectivity index (χ3v) is 5.84. The van der Waals surface area contributed by atoms with Crippen molar-refractivity contribution in [2.45, 2.75) is 27.7 Å². The van der Waals surface area contributed by atoms with E-state index in [1.807, 2.05) is 25.2 Å². The van der Waals surface area contributed by atoms with Crippen molar-refractivity contribution < 1.29 is 0 Å². The highest BCUT2D eigenvalue weighted by molar-refractivity contribution is 7.18. The van der Waals surface area contributed by atoms with Crippen molar-refractivity contribution in [1.82, 2.24) is 0 Å². The van der Waals surface area contributed by atoms with E-state index in [0.717, 1.165) is 0 Å². The molecular weight excluding hydrogens is 368 g/mol. The molecule has 4 aromatic rings. The Hall–Kier alpha value is -2.90. The molecule has 0 fully saturated rings. The lowest BCUT2D eigenvalue weighted by Gasteiger charge is -2.08. The molecule has 0 atom stereocenters. The maximum absolute atomic E-state index is 2.24. The molecule has 0 aliphatic rings. The second kappa shape index (κ2) is 10.0. The standard InChI is InChI=1S/C26H22S.C2H6/c1-19-11-13-21(14-12-19)22-15-17-23(18-16-22)25-10-6-9-24-8-5-3-4-7-20(2)27-26(24)25;1-2/h3-18H,1-2H3;1-2H3. The van der Waals surface area contributed by atoms with Crippen molar-refractivity contribution in [3.05, 3.63) is 108 Å². The van der Waals surface area contributed by atoms with Crippen LogP contribution in [-0.2, 0) is 0 Å². The Bertz CT molecular complexity index is 1110. The Morgan fingerprint density at radius 2 is 1.07 bits per heavy atom. The van der Waals surface area contributed by atoms with E-state index in [0.29, 0.717) is 0 Å². The molecule has 1 heteroatoms. The molecule has 29 heavy (non-hydrogen) atoms. The zero-order valence-corrected chi connectivity index (χ0v) is 18.5. The highest BCUT2D eigenvalue weighted by Gasteiger charge is 2.05. The second-order valence-corrected chi connectivity index (χ2v) is 8.05. The van der Waals surface area contributed by atoms with E-state index in [-0.39, 0.29) is 0 Å². The summed E-state index contributed by atoms with van der Waals surface area (Å²) in [5.74, 6) is 0. The van der Waals surface area contributed by atoms with Crippen molar-refractivity contribution in [2.75, 3.05) is 0 Å². The zero-order chi connectivity index (χ0) is 20.6. The van der Waals surface area contributed by atoms with E-state index in [1.54, 1.807) is 0 Å². The number of hydrogen-bond donors (Lipinski definition) is 0. The minimum absolute atomic E-state index is 1.25. The summed E-state index contributed by atoms with van der Waals surface area (Å²) in [5.41, 5.74) is 6.34. The molecule has 0 aliphatic heterocycles. The number of hydrogen-bond acceptors (Lipinski definition) is 1. The Balaban J connectivity index is 0.00000117. The SMILES string of the molecule is CC.Cc1ccc(-c2ccc(-c3cccc4cccccc(C)sc34)cc2)cc1. The number of benzene rings is 3. The van der Waals surface area contributed by atoms with Gasteiger partial charge in [0.25, 0.3) is 0 Å². The van der Waals surface area contributed by atoms with E-state index >= 15 is 0 Å². The van der Waals surface area contributed by atoms with Crippen LogP contribution in [0, 0.1) is 13.8 Å². The predicted molar refractivity (Wildman–Crippen MR) is 131 cm³/mol. The van der Waals surface area contributed by atoms with Gasteiger partial charge in [-0.1, -0.05) is 110 Å². The van der Waals surface area contributed by atoms with Gasteiger partial charge in [-0.05, 0) is 47.6 Å². The van der Waals surface area contributed by atoms with Crippen LogP contribution in [0.4, 0.5) is 0 Å². The van der Waals surface area contributed by atoms with Crippen LogP contribution in [0.25, 0.3) is 32.3 Å². The summed E-state index contributed by atoms with van der Waals surface area (Å²) in [7, 11) is 0. The largest absolute Gasteiger partial charge is 0.140 e. The van der Waals surface area contributed by atoms with Gasteiger partial charge in [-0.15, -0.1) is 11.3 Å². The van der Waals surface area contributed by atoms with Crippen molar-refractivity contribution in [2.24, 2.45) is 0 Å². The van der Waals surface area contributed by atoms with Gasteiger partial charge in [0.05, 0.1) is 0 Å². The molecular formula is C28H28S. The van der Waals surface area contributed by atoms with Gasteiger partial charge in [0, 0.05) is 9.58 Å². The molecule has 0 bridgehead atoms. The van der Waals surface area contributed by atoms with Crippen LogP contribution in [0.1, 0.15) is 24.3 Å². The molecule has 0 saturated carbocycles. The van der Waals surface area contributed by atoms with Crippen LogP contribution in [-0.4, -0.2) is 0 Å². The fourth-order valence-electron chi connectivity index (χ4n) is 3.23. The molecule has 3 aromatic carbocycles. The third kappa shape index (κ3) is 5.13. The van der Waals surface area contributed by atoms with Gasteiger partial charge < -0.3 is 0 Å². The molecule has 0 N–H and O–H groups in total. The van der Waals surface area contributed by atoms with Gasteiger partial charge >= 0.3 is 0 Å². The van der Waals surface area contributed by atoms with Gasteiger partial charge in [0.2, 0.25) is 0 Å². The summed E-state index contributed by atoms with van der Waals surface area (Å²) in [5, 5.41) is 1.26. The molecule has 0 saturated heterocycles. The summed E-state index contributed by atoms with van der Waals surface area (Å²) < 4.78 is 1.31. The Morgan fingerprint density at radius 1 is 0.517 bits per heavy atom. The van der Waals surface area contributed by atoms with Crippen molar-refractivity contribution in [3.63, 3.8) is 0 Å². The van der Waals surface area contributed by atoms with Crippen LogP contribution >= 0.6 is 11.3 Å². The minimum atomic E-state index is 1.25. The van der Waals surface area contributed by atoms with Crippen molar-refractivity contribution in [3.8, 4) is 22.3 Å². The van der Waals surface area contributed by atoms with Crippen LogP contribution in [0.2, 0.25) is 0 Å². The van der Waals surface area contributed by atoms with Crippen molar-refractivity contribution >= 4 is 21.4 Å². The summed E-state index contributed by atoms with van der Waals surface area (Å²) in [6, 6.07) is 34.8. The minimum Gasteiger partial charge on any atom is -0.140 e. The quantitative estimate of drug-likeness (QED) is 0.317. The maximum atomic E-state index is 2.24. The van der Waals surface area contributed by atoms with E-state index in [9.17, 15) is 0 Å². The monoisotopic (exact) mass is 396 g/mol. The van der Waals surface area contributed by atoms with Gasteiger partial charge in [-0.3, -0.25) is 0 Å². The van der Waals surface area contributed by atoms with Crippen LogP contribution in [0.3, 0.4) is 0 Å². The van der Waals surface area contributed by atoms with E-state index in [2.05, 4.69) is 111 Å². The first-order valence-electron chi connectivity index (χ1n) is 10.2. The Kier molecular flexibility index (Phi) is 7.21. The van der Waals surface area contributed by atoms with Gasteiger partial charge in [-0.25, -0.2) is 0 Å². The number of rotatable bonds is 2. The topological polar surface area (TPSA) is 0 Å². The van der Waals surface area contributed by atoms with E-state index in [4.69, 9.17) is 0 Å². The average molecular weight is 397 g/mol. The molecule has 0 spiro atoms. The smallest absolute Gasteiger partial charge is 0.0423 e. The first kappa shape index (κ1) is 20.8. The molecule has 146 valence electrons. The number of aryl methyl sites for hydroxylation is 2. The summed E-state index contributed by atoms with van der Waals surface area (Å²) in [6.07, 6.45) is 0. The van der Waals surface area contributed by atoms with Gasteiger partial charge in [-0.2, -0.15) is 0 Å². The molecule has 0 radical (unpaired) electrons. The first-order valence-corrected chi connectivity index (χ1v) is 11.0.